The van der Waals surface area contributed by atoms with Crippen molar-refractivity contribution in [2.75, 3.05) is 20.1 Å². The Labute approximate surface area is 154 Å². The summed E-state index contributed by atoms with van der Waals surface area (Å²) in [5.41, 5.74) is 1.42. The van der Waals surface area contributed by atoms with Gasteiger partial charge in [0.25, 0.3) is 0 Å². The van der Waals surface area contributed by atoms with E-state index in [4.69, 9.17) is 4.74 Å². The van der Waals surface area contributed by atoms with Crippen LogP contribution in [-0.2, 0) is 16.1 Å². The molecule has 1 fully saturated rings. The minimum atomic E-state index is -0.451. The lowest BCUT2D eigenvalue weighted by Gasteiger charge is -2.23. The number of guanidine groups is 1. The third kappa shape index (κ3) is 4.33. The van der Waals surface area contributed by atoms with E-state index in [9.17, 15) is 4.79 Å². The fourth-order valence-corrected chi connectivity index (χ4v) is 3.10. The van der Waals surface area contributed by atoms with E-state index in [0.717, 1.165) is 30.3 Å². The SMILES string of the molecule is CN=C(NCc1cn2ccccc2n1)N1CCC(C(=O)OC(C)(C)C)C1. The van der Waals surface area contributed by atoms with E-state index in [2.05, 4.69) is 20.2 Å². The molecule has 1 unspecified atom stereocenters. The van der Waals surface area contributed by atoms with E-state index in [1.807, 2.05) is 55.8 Å². The van der Waals surface area contributed by atoms with Gasteiger partial charge in [-0.2, -0.15) is 0 Å². The van der Waals surface area contributed by atoms with E-state index in [1.165, 1.54) is 0 Å². The number of nitrogens with one attached hydrogen (secondary N) is 1. The highest BCUT2D eigenvalue weighted by atomic mass is 16.6. The zero-order chi connectivity index (χ0) is 18.7. The van der Waals surface area contributed by atoms with Gasteiger partial charge in [-0.3, -0.25) is 9.79 Å². The predicted octanol–water partition coefficient (Wildman–Crippen LogP) is 2.07. The van der Waals surface area contributed by atoms with E-state index in [-0.39, 0.29) is 11.9 Å². The maximum atomic E-state index is 12.3. The van der Waals surface area contributed by atoms with E-state index in [1.54, 1.807) is 7.05 Å². The molecule has 0 amide bonds. The summed E-state index contributed by atoms with van der Waals surface area (Å²) < 4.78 is 7.50. The van der Waals surface area contributed by atoms with Crippen LogP contribution < -0.4 is 5.32 Å². The second-order valence-corrected chi connectivity index (χ2v) is 7.56. The lowest BCUT2D eigenvalue weighted by atomic mass is 10.1. The van der Waals surface area contributed by atoms with Crippen molar-refractivity contribution in [2.45, 2.75) is 39.3 Å². The van der Waals surface area contributed by atoms with Crippen molar-refractivity contribution in [1.29, 1.82) is 0 Å². The smallest absolute Gasteiger partial charge is 0.311 e. The molecule has 26 heavy (non-hydrogen) atoms. The zero-order valence-corrected chi connectivity index (χ0v) is 15.9. The van der Waals surface area contributed by atoms with Crippen LogP contribution in [0, 0.1) is 5.92 Å². The van der Waals surface area contributed by atoms with Crippen molar-refractivity contribution in [3.8, 4) is 0 Å². The molecule has 1 N–H and O–H groups in total. The number of esters is 1. The topological polar surface area (TPSA) is 71.2 Å². The predicted molar refractivity (Wildman–Crippen MR) is 101 cm³/mol. The van der Waals surface area contributed by atoms with Crippen LogP contribution in [0.15, 0.2) is 35.6 Å². The Morgan fingerprint density at radius 1 is 1.42 bits per heavy atom. The van der Waals surface area contributed by atoms with E-state index < -0.39 is 5.60 Å². The van der Waals surface area contributed by atoms with E-state index in [0.29, 0.717) is 13.1 Å². The molecule has 1 saturated heterocycles. The van der Waals surface area contributed by atoms with Crippen molar-refractivity contribution in [3.63, 3.8) is 0 Å². The number of rotatable bonds is 3. The van der Waals surface area contributed by atoms with E-state index >= 15 is 0 Å². The highest BCUT2D eigenvalue weighted by Gasteiger charge is 2.33. The normalized spacial score (nSPS) is 18.4. The number of nitrogens with zero attached hydrogens (tertiary/aromatic N) is 4. The largest absolute Gasteiger partial charge is 0.460 e. The molecule has 7 nitrogen and oxygen atoms in total. The zero-order valence-electron chi connectivity index (χ0n) is 15.9. The van der Waals surface area contributed by atoms with Gasteiger partial charge < -0.3 is 19.4 Å². The summed E-state index contributed by atoms with van der Waals surface area (Å²) in [6, 6.07) is 5.93. The summed E-state index contributed by atoms with van der Waals surface area (Å²) in [4.78, 5) is 23.3. The standard InChI is InChI=1S/C19H27N5O2/c1-19(2,3)26-17(25)14-8-10-24(12-14)18(20-4)21-11-15-13-23-9-6-5-7-16(23)22-15/h5-7,9,13-14H,8,10-12H2,1-4H3,(H,20,21). The first-order valence-corrected chi connectivity index (χ1v) is 8.97. The Morgan fingerprint density at radius 3 is 2.92 bits per heavy atom. The maximum Gasteiger partial charge on any atom is 0.311 e. The van der Waals surface area contributed by atoms with Crippen LogP contribution in [0.4, 0.5) is 0 Å². The lowest BCUT2D eigenvalue weighted by molar-refractivity contribution is -0.159. The number of imidazole rings is 1. The van der Waals surface area contributed by atoms with Crippen molar-refractivity contribution >= 4 is 17.6 Å². The third-order valence-electron chi connectivity index (χ3n) is 4.28. The second kappa shape index (κ2) is 7.35. The Hall–Kier alpha value is -2.57. The van der Waals surface area contributed by atoms with Crippen molar-refractivity contribution in [3.05, 3.63) is 36.3 Å². The quantitative estimate of drug-likeness (QED) is 0.517. The van der Waals surface area contributed by atoms with Crippen LogP contribution in [0.25, 0.3) is 5.65 Å². The summed E-state index contributed by atoms with van der Waals surface area (Å²) in [6.07, 6.45) is 4.76. The molecule has 1 aliphatic heterocycles. The molecule has 2 aromatic rings. The monoisotopic (exact) mass is 357 g/mol. The van der Waals surface area contributed by atoms with Gasteiger partial charge >= 0.3 is 5.97 Å². The molecule has 140 valence electrons. The Morgan fingerprint density at radius 2 is 2.23 bits per heavy atom. The fraction of sp³-hybridized carbons (Fsp3) is 0.526. The van der Waals surface area contributed by atoms with Gasteiger partial charge in [-0.15, -0.1) is 0 Å². The minimum absolute atomic E-state index is 0.108. The molecule has 0 aliphatic carbocycles. The van der Waals surface area contributed by atoms with Gasteiger partial charge in [0.05, 0.1) is 18.2 Å². The molecule has 3 rings (SSSR count). The molecule has 0 saturated carbocycles. The molecule has 0 spiro atoms. The number of aliphatic imine (C=N–C) groups is 1. The van der Waals surface area contributed by atoms with Gasteiger partial charge in [0, 0.05) is 32.5 Å². The van der Waals surface area contributed by atoms with Crippen LogP contribution in [0.1, 0.15) is 32.9 Å². The second-order valence-electron chi connectivity index (χ2n) is 7.56. The molecule has 3 heterocycles. The fourth-order valence-electron chi connectivity index (χ4n) is 3.10. The summed E-state index contributed by atoms with van der Waals surface area (Å²) in [6.45, 7) is 7.68. The molecule has 0 radical (unpaired) electrons. The molecule has 1 atom stereocenters. The summed E-state index contributed by atoms with van der Waals surface area (Å²) in [5.74, 6) is 0.548. The Balaban J connectivity index is 1.57. The van der Waals surface area contributed by atoms with Crippen LogP contribution >= 0.6 is 0 Å². The van der Waals surface area contributed by atoms with Gasteiger partial charge in [0.1, 0.15) is 11.2 Å². The summed E-state index contributed by atoms with van der Waals surface area (Å²) >= 11 is 0. The molecule has 0 aromatic carbocycles. The number of likely N-dealkylation sites (tertiary alicyclic amines) is 1. The lowest BCUT2D eigenvalue weighted by Crippen LogP contribution is -2.40. The molecule has 7 heteroatoms. The van der Waals surface area contributed by atoms with Crippen LogP contribution in [-0.4, -0.2) is 52.0 Å². The van der Waals surface area contributed by atoms with Gasteiger partial charge in [0.2, 0.25) is 0 Å². The maximum absolute atomic E-state index is 12.3. The molecule has 1 aliphatic rings. The molecule has 2 aromatic heterocycles. The number of aromatic nitrogens is 2. The highest BCUT2D eigenvalue weighted by Crippen LogP contribution is 2.21. The number of ether oxygens (including phenoxy) is 1. The molecular weight excluding hydrogens is 330 g/mol. The number of fused-ring (bicyclic) bond motifs is 1. The van der Waals surface area contributed by atoms with Crippen LogP contribution in [0.2, 0.25) is 0 Å². The average molecular weight is 357 g/mol. The molecular formula is C19H27N5O2. The van der Waals surface area contributed by atoms with Gasteiger partial charge in [-0.1, -0.05) is 6.07 Å². The average Bonchev–Trinajstić information content (AvgIpc) is 3.20. The van der Waals surface area contributed by atoms with Crippen molar-refractivity contribution in [2.24, 2.45) is 10.9 Å². The first kappa shape index (κ1) is 18.2. The van der Waals surface area contributed by atoms with Crippen LogP contribution in [0.5, 0.6) is 0 Å². The summed E-state index contributed by atoms with van der Waals surface area (Å²) in [7, 11) is 1.76. The summed E-state index contributed by atoms with van der Waals surface area (Å²) in [5, 5.41) is 3.34. The van der Waals surface area contributed by atoms with Crippen molar-refractivity contribution in [1.82, 2.24) is 19.6 Å². The number of carbonyl (C=O) groups excluding carboxylic acids is 1. The van der Waals surface area contributed by atoms with Gasteiger partial charge in [0.15, 0.2) is 5.96 Å². The van der Waals surface area contributed by atoms with Gasteiger partial charge in [-0.25, -0.2) is 4.98 Å². The number of hydrogen-bond donors (Lipinski definition) is 1. The third-order valence-corrected chi connectivity index (χ3v) is 4.28. The Kier molecular flexibility index (Phi) is 5.15. The Bertz CT molecular complexity index is 773. The first-order valence-electron chi connectivity index (χ1n) is 8.97. The minimum Gasteiger partial charge on any atom is -0.460 e. The molecule has 0 bridgehead atoms. The highest BCUT2D eigenvalue weighted by molar-refractivity contribution is 5.82. The number of carbonyl (C=O) groups is 1. The van der Waals surface area contributed by atoms with Gasteiger partial charge in [-0.05, 0) is 39.3 Å². The number of hydrogen-bond acceptors (Lipinski definition) is 4. The van der Waals surface area contributed by atoms with Crippen molar-refractivity contribution < 1.29 is 9.53 Å². The first-order chi connectivity index (χ1) is 12.4. The number of pyridine rings is 1. The van der Waals surface area contributed by atoms with Crippen LogP contribution in [0.3, 0.4) is 0 Å².